The molecule has 2 aromatic rings. The summed E-state index contributed by atoms with van der Waals surface area (Å²) in [5, 5.41) is 0. The highest BCUT2D eigenvalue weighted by atomic mass is 16.5. The molecule has 0 aliphatic carbocycles. The molecule has 0 saturated carbocycles. The quantitative estimate of drug-likeness (QED) is 0.332. The molecule has 0 heterocycles. The molecule has 0 aromatic heterocycles. The van der Waals surface area contributed by atoms with Gasteiger partial charge in [0.1, 0.15) is 5.75 Å². The molecule has 0 unspecified atom stereocenters. The Morgan fingerprint density at radius 2 is 1.74 bits per heavy atom. The van der Waals surface area contributed by atoms with Gasteiger partial charge in [0.2, 0.25) is 0 Å². The molecule has 3 nitrogen and oxygen atoms in total. The molecule has 0 radical (unpaired) electrons. The third-order valence-electron chi connectivity index (χ3n) is 3.52. The summed E-state index contributed by atoms with van der Waals surface area (Å²) in [7, 11) is 0. The van der Waals surface area contributed by atoms with Gasteiger partial charge in [-0.2, -0.15) is 0 Å². The topological polar surface area (TPSA) is 52.3 Å². The lowest BCUT2D eigenvalue weighted by atomic mass is 10.1. The Hall–Kier alpha value is -2.55. The summed E-state index contributed by atoms with van der Waals surface area (Å²) in [6, 6.07) is 14.7. The standard InChI is InChI=1S/C20H23NO2/c1-2-3-4-15-23-19-12-5-16(6-13-19)7-14-20(22)17-8-10-18(21)11-9-17/h5-14H,2-4,15,21H2,1H3. The second-order valence-corrected chi connectivity index (χ2v) is 5.44. The molecule has 0 fully saturated rings. The molecular formula is C20H23NO2. The summed E-state index contributed by atoms with van der Waals surface area (Å²) in [4.78, 5) is 12.0. The number of carbonyl (C=O) groups is 1. The van der Waals surface area contributed by atoms with Crippen LogP contribution in [0.15, 0.2) is 54.6 Å². The van der Waals surface area contributed by atoms with Crippen LogP contribution in [0.4, 0.5) is 5.69 Å². The van der Waals surface area contributed by atoms with Crippen molar-refractivity contribution in [2.45, 2.75) is 26.2 Å². The van der Waals surface area contributed by atoms with E-state index in [0.29, 0.717) is 11.3 Å². The maximum Gasteiger partial charge on any atom is 0.185 e. The average Bonchev–Trinajstić information content (AvgIpc) is 2.58. The number of nitrogen functional groups attached to an aromatic ring is 1. The summed E-state index contributed by atoms with van der Waals surface area (Å²) in [5.74, 6) is 0.827. The minimum Gasteiger partial charge on any atom is -0.494 e. The Kier molecular flexibility index (Phi) is 6.42. The molecule has 0 saturated heterocycles. The van der Waals surface area contributed by atoms with E-state index in [9.17, 15) is 4.79 Å². The summed E-state index contributed by atoms with van der Waals surface area (Å²) in [5.41, 5.74) is 7.87. The van der Waals surface area contributed by atoms with Gasteiger partial charge in [-0.3, -0.25) is 4.79 Å². The number of ether oxygens (including phenoxy) is 1. The molecule has 0 aliphatic rings. The number of hydrogen-bond donors (Lipinski definition) is 1. The Morgan fingerprint density at radius 1 is 1.04 bits per heavy atom. The van der Waals surface area contributed by atoms with E-state index in [1.165, 1.54) is 12.8 Å². The van der Waals surface area contributed by atoms with Crippen molar-refractivity contribution < 1.29 is 9.53 Å². The van der Waals surface area contributed by atoms with Crippen molar-refractivity contribution in [3.05, 3.63) is 65.7 Å². The fourth-order valence-electron chi connectivity index (χ4n) is 2.13. The summed E-state index contributed by atoms with van der Waals surface area (Å²) in [6.45, 7) is 2.92. The maximum absolute atomic E-state index is 12.0. The maximum atomic E-state index is 12.0. The monoisotopic (exact) mass is 309 g/mol. The normalized spacial score (nSPS) is 10.8. The summed E-state index contributed by atoms with van der Waals surface area (Å²) >= 11 is 0. The van der Waals surface area contributed by atoms with Crippen molar-refractivity contribution in [3.63, 3.8) is 0 Å². The fraction of sp³-hybridized carbons (Fsp3) is 0.250. The molecule has 0 bridgehead atoms. The Balaban J connectivity index is 1.89. The lowest BCUT2D eigenvalue weighted by Gasteiger charge is -2.05. The van der Waals surface area contributed by atoms with Gasteiger partial charge in [0.05, 0.1) is 6.61 Å². The number of allylic oxidation sites excluding steroid dienone is 1. The molecular weight excluding hydrogens is 286 g/mol. The number of hydrogen-bond acceptors (Lipinski definition) is 3. The van der Waals surface area contributed by atoms with Crippen molar-refractivity contribution in [1.29, 1.82) is 0 Å². The van der Waals surface area contributed by atoms with E-state index in [2.05, 4.69) is 6.92 Å². The fourth-order valence-corrected chi connectivity index (χ4v) is 2.13. The third-order valence-corrected chi connectivity index (χ3v) is 3.52. The van der Waals surface area contributed by atoms with Gasteiger partial charge >= 0.3 is 0 Å². The molecule has 0 amide bonds. The van der Waals surface area contributed by atoms with Crippen LogP contribution >= 0.6 is 0 Å². The number of benzene rings is 2. The van der Waals surface area contributed by atoms with Gasteiger partial charge in [-0.15, -0.1) is 0 Å². The molecule has 2 N–H and O–H groups in total. The SMILES string of the molecule is CCCCCOc1ccc(C=CC(=O)c2ccc(N)cc2)cc1. The number of ketones is 1. The van der Waals surface area contributed by atoms with Gasteiger partial charge in [-0.05, 0) is 54.5 Å². The predicted molar refractivity (Wildman–Crippen MR) is 95.7 cm³/mol. The van der Waals surface area contributed by atoms with Crippen molar-refractivity contribution in [2.75, 3.05) is 12.3 Å². The molecule has 120 valence electrons. The van der Waals surface area contributed by atoms with Crippen molar-refractivity contribution in [3.8, 4) is 5.75 Å². The van der Waals surface area contributed by atoms with E-state index in [4.69, 9.17) is 10.5 Å². The summed E-state index contributed by atoms with van der Waals surface area (Å²) < 4.78 is 5.67. The van der Waals surface area contributed by atoms with E-state index < -0.39 is 0 Å². The molecule has 0 spiro atoms. The van der Waals surface area contributed by atoms with Crippen LogP contribution in [0.1, 0.15) is 42.1 Å². The van der Waals surface area contributed by atoms with Crippen molar-refractivity contribution in [1.82, 2.24) is 0 Å². The van der Waals surface area contributed by atoms with Gasteiger partial charge in [-0.1, -0.05) is 38.0 Å². The molecule has 23 heavy (non-hydrogen) atoms. The van der Waals surface area contributed by atoms with Crippen molar-refractivity contribution >= 4 is 17.5 Å². The van der Waals surface area contributed by atoms with Gasteiger partial charge in [0.25, 0.3) is 0 Å². The van der Waals surface area contributed by atoms with Crippen LogP contribution in [0.3, 0.4) is 0 Å². The smallest absolute Gasteiger partial charge is 0.185 e. The van der Waals surface area contributed by atoms with Crippen molar-refractivity contribution in [2.24, 2.45) is 0 Å². The Morgan fingerprint density at radius 3 is 2.39 bits per heavy atom. The minimum atomic E-state index is -0.0371. The number of carbonyl (C=O) groups excluding carboxylic acids is 1. The second-order valence-electron chi connectivity index (χ2n) is 5.44. The minimum absolute atomic E-state index is 0.0371. The van der Waals surface area contributed by atoms with Crippen LogP contribution in [0.25, 0.3) is 6.08 Å². The third kappa shape index (κ3) is 5.62. The first-order chi connectivity index (χ1) is 11.2. The zero-order valence-electron chi connectivity index (χ0n) is 13.5. The number of rotatable bonds is 8. The first-order valence-corrected chi connectivity index (χ1v) is 8.00. The highest BCUT2D eigenvalue weighted by Crippen LogP contribution is 2.14. The zero-order chi connectivity index (χ0) is 16.5. The Bertz CT molecular complexity index is 642. The van der Waals surface area contributed by atoms with Crippen LogP contribution < -0.4 is 10.5 Å². The highest BCUT2D eigenvalue weighted by Gasteiger charge is 2.01. The van der Waals surface area contributed by atoms with E-state index in [1.807, 2.05) is 24.3 Å². The van der Waals surface area contributed by atoms with E-state index in [-0.39, 0.29) is 5.78 Å². The van der Waals surface area contributed by atoms with Gasteiger partial charge in [-0.25, -0.2) is 0 Å². The largest absolute Gasteiger partial charge is 0.494 e. The lowest BCUT2D eigenvalue weighted by Crippen LogP contribution is -1.96. The number of nitrogens with two attached hydrogens (primary N) is 1. The van der Waals surface area contributed by atoms with Crippen LogP contribution in [-0.4, -0.2) is 12.4 Å². The number of anilines is 1. The van der Waals surface area contributed by atoms with Crippen LogP contribution in [0.5, 0.6) is 5.75 Å². The molecule has 0 aliphatic heterocycles. The van der Waals surface area contributed by atoms with Gasteiger partial charge in [0.15, 0.2) is 5.78 Å². The van der Waals surface area contributed by atoms with Crippen LogP contribution in [0, 0.1) is 0 Å². The molecule has 2 rings (SSSR count). The predicted octanol–water partition coefficient (Wildman–Crippen LogP) is 4.73. The van der Waals surface area contributed by atoms with E-state index in [1.54, 1.807) is 36.4 Å². The molecule has 3 heteroatoms. The molecule has 0 atom stereocenters. The van der Waals surface area contributed by atoms with Crippen LogP contribution in [-0.2, 0) is 0 Å². The number of unbranched alkanes of at least 4 members (excludes halogenated alkanes) is 2. The summed E-state index contributed by atoms with van der Waals surface area (Å²) in [6.07, 6.45) is 6.83. The zero-order valence-corrected chi connectivity index (χ0v) is 13.5. The second kappa shape index (κ2) is 8.79. The average molecular weight is 309 g/mol. The van der Waals surface area contributed by atoms with Crippen LogP contribution in [0.2, 0.25) is 0 Å². The first-order valence-electron chi connectivity index (χ1n) is 8.00. The van der Waals surface area contributed by atoms with Gasteiger partial charge in [0, 0.05) is 11.3 Å². The Labute approximate surface area is 137 Å². The van der Waals surface area contributed by atoms with E-state index in [0.717, 1.165) is 24.3 Å². The van der Waals surface area contributed by atoms with E-state index >= 15 is 0 Å². The lowest BCUT2D eigenvalue weighted by molar-refractivity contribution is 0.104. The van der Waals surface area contributed by atoms with Gasteiger partial charge < -0.3 is 10.5 Å². The molecule has 2 aromatic carbocycles. The first kappa shape index (κ1) is 16.8. The highest BCUT2D eigenvalue weighted by molar-refractivity contribution is 6.06.